The summed E-state index contributed by atoms with van der Waals surface area (Å²) in [6, 6.07) is -4.71. The van der Waals surface area contributed by atoms with Crippen LogP contribution in [0.25, 0.3) is 10.9 Å². The Bertz CT molecular complexity index is 4890. The number of amides is 15. The van der Waals surface area contributed by atoms with Gasteiger partial charge in [0.25, 0.3) is 0 Å². The number of aliphatic hydroxyl groups excluding tert-OH is 2. The first-order valence-electron chi connectivity index (χ1n) is 48.2. The number of aliphatic carboxylic acids is 2. The summed E-state index contributed by atoms with van der Waals surface area (Å²) < 4.78 is 27.8. The molecule has 27 N–H and O–H groups in total. The van der Waals surface area contributed by atoms with Crippen LogP contribution in [0.1, 0.15) is 243 Å². The number of para-hydroxylation sites is 1. The average Bonchev–Trinajstić information content (AvgIpc) is 1.67. The van der Waals surface area contributed by atoms with Gasteiger partial charge in [-0.3, -0.25) is 96.4 Å². The summed E-state index contributed by atoms with van der Waals surface area (Å²) in [5, 5.41) is 83.4. The van der Waals surface area contributed by atoms with Crippen LogP contribution < -0.4 is 91.0 Å². The largest absolute Gasteiger partial charge is 0.481 e. The Kier molecular flexibility index (Phi) is 51.3. The number of fused-ring (bicyclic) bond motifs is 2. The van der Waals surface area contributed by atoms with E-state index in [0.717, 1.165) is 37.0 Å². The van der Waals surface area contributed by atoms with E-state index in [9.17, 15) is 96.0 Å². The van der Waals surface area contributed by atoms with Crippen molar-refractivity contribution in [2.24, 2.45) is 17.2 Å². The zero-order valence-corrected chi connectivity index (χ0v) is 80.4. The number of imidazole rings is 1. The number of hydrogen-bond acceptors (Lipinski definition) is 25. The van der Waals surface area contributed by atoms with E-state index >= 15 is 19.2 Å². The fraction of sp³-hybridized carbons (Fsp3) is 0.613. The third-order valence-corrected chi connectivity index (χ3v) is 25.3. The van der Waals surface area contributed by atoms with Gasteiger partial charge in [-0.1, -0.05) is 152 Å². The molecule has 0 unspecified atom stereocenters. The summed E-state index contributed by atoms with van der Waals surface area (Å²) >= 11 is 0. The first kappa shape index (κ1) is 116. The number of guanidine groups is 1. The van der Waals surface area contributed by atoms with Gasteiger partial charge < -0.3 is 122 Å². The number of benzene rings is 2. The summed E-state index contributed by atoms with van der Waals surface area (Å²) in [4.78, 5) is 263. The van der Waals surface area contributed by atoms with Crippen molar-refractivity contribution >= 4 is 133 Å². The molecule has 0 aliphatic carbocycles. The summed E-state index contributed by atoms with van der Waals surface area (Å²) in [6.45, 7) is 2.03. The number of carbonyl (C=O) groups is 18. The highest BCUT2D eigenvalue weighted by Crippen LogP contribution is 2.25. The van der Waals surface area contributed by atoms with Crippen LogP contribution in [-0.4, -0.2) is 278 Å². The number of aliphatic hydroxyl groups is 2. The molecule has 2 aliphatic heterocycles. The number of nitrogens with zero attached hydrogens (tertiary/aromatic N) is 2. The number of carboxylic acids is 2. The molecule has 774 valence electrons. The minimum atomic E-state index is -4.25. The fourth-order valence-corrected chi connectivity index (χ4v) is 17.2. The van der Waals surface area contributed by atoms with Crippen molar-refractivity contribution in [3.05, 3.63) is 90.1 Å². The molecule has 13 atom stereocenters. The first-order chi connectivity index (χ1) is 66.9. The molecule has 0 saturated carbocycles. The van der Waals surface area contributed by atoms with Gasteiger partial charge in [0, 0.05) is 101 Å². The molecule has 0 bridgehead atoms. The number of aromatic amines is 2. The van der Waals surface area contributed by atoms with Crippen LogP contribution in [-0.2, 0) is 116 Å². The highest BCUT2D eigenvalue weighted by Gasteiger charge is 2.45. The number of Topliss-reactive ketones (excluding diaryl/α,β-unsaturated/α-hetero) is 1. The molecule has 2 aromatic heterocycles. The zero-order valence-electron chi connectivity index (χ0n) is 79.6. The summed E-state index contributed by atoms with van der Waals surface area (Å²) in [5.74, 6) is -20.2. The van der Waals surface area contributed by atoms with Crippen molar-refractivity contribution in [1.82, 2.24) is 93.7 Å². The SMILES string of the molecule is CCCCCCCCCCCCCCCC(=O)NS(=O)(=O)CCCC(=O)N[C@@H](CCC(=O)O)C(=O)N[C@@H](CCC(=O)O)C(=O)N[C@@H](CCC(N)=O)C(=O)N[C@@H](Cc1c[nH]cn1)C(=O)N[C@@H](CO)C(=O)N[C@@H](CCCC)C(=O)N[C@H]1CCC(=O)CNCCCC[C@@H](C(N)=O)NC(=O)[C@H](Cc2c[nH]c3ccccc23)NC(=O)[C@H](CCCNC(=N)N)NC(=O)[C@@H](Cc2ccccc2)NC(=O)[C@@H]2C[C@@H](O)CN2C1=O. The van der Waals surface area contributed by atoms with Crippen LogP contribution >= 0.6 is 0 Å². The van der Waals surface area contributed by atoms with Gasteiger partial charge in [-0.05, 0) is 101 Å². The third-order valence-electron chi connectivity index (χ3n) is 23.9. The van der Waals surface area contributed by atoms with E-state index < -0.39 is 290 Å². The van der Waals surface area contributed by atoms with Crippen LogP contribution in [0.2, 0.25) is 0 Å². The van der Waals surface area contributed by atoms with E-state index in [1.165, 1.54) is 57.5 Å². The van der Waals surface area contributed by atoms with Gasteiger partial charge in [-0.15, -0.1) is 0 Å². The van der Waals surface area contributed by atoms with Crippen LogP contribution in [0, 0.1) is 5.41 Å². The minimum Gasteiger partial charge on any atom is -0.481 e. The van der Waals surface area contributed by atoms with Crippen molar-refractivity contribution in [2.75, 3.05) is 38.5 Å². The zero-order chi connectivity index (χ0) is 103. The normalized spacial score (nSPS) is 19.0. The Morgan fingerprint density at radius 1 is 0.557 bits per heavy atom. The van der Waals surface area contributed by atoms with E-state index in [2.05, 4.69) is 91.0 Å². The van der Waals surface area contributed by atoms with Crippen molar-refractivity contribution < 1.29 is 115 Å². The summed E-state index contributed by atoms with van der Waals surface area (Å²) in [7, 11) is -4.25. The predicted octanol–water partition coefficient (Wildman–Crippen LogP) is -1.03. The number of carbonyl (C=O) groups excluding carboxylic acids is 16. The monoisotopic (exact) mass is 1980 g/mol. The van der Waals surface area contributed by atoms with Gasteiger partial charge in [0.2, 0.25) is 98.6 Å². The molecule has 0 radical (unpaired) electrons. The molecule has 2 aromatic carbocycles. The molecular formula is C93H142N22O24S. The van der Waals surface area contributed by atoms with Gasteiger partial charge in [0.1, 0.15) is 78.3 Å². The lowest BCUT2D eigenvalue weighted by atomic mass is 10.0. The maximum atomic E-state index is 15.4. The standard InChI is InChI=1S/C93H142N22O24S/c1-3-5-7-8-9-10-11-12-13-14-15-16-20-34-78(121)114-140(138,139)46-26-35-77(120)103-67(39-42-79(122)123)84(129)108-69(40-43-80(124)125)85(130)107-68(38-41-76(94)119)86(131)111-73(49-59-52-99-56-102-59)89(134)113-74(55-116)90(135)106-65(30-6-4-2)82(127)109-70-37-36-60(117)53-98-44-24-23-32-64(81(95)126)104-88(133)72(48-58-51-101-63-31-22-21-29-62(58)63)110-83(128)66(33-25-45-100-93(96)97)105-87(132)71(47-57-27-18-17-19-28-57)112-91(136)75-50-61(118)54-115(75)92(70)137/h17-19,21-22,27-29,31,51-52,56,61,64-75,98,101,116,118H,3-16,20,23-26,30,32-50,53-55H2,1-2H3,(H2,94,119)(H2,95,126)(H,99,102)(H,103,120)(H,104,133)(H,105,132)(H,106,135)(H,107,130)(H,108,129)(H,109,127)(H,110,128)(H,111,131)(H,112,136)(H,113,134)(H,114,121)(H,122,123)(H,124,125)(H4,96,97,100)/t61-,64+,65+,66+,67+,68+,69+,70+,71-,72+,73+,74+,75+/m1/s1. The first-order valence-corrected chi connectivity index (χ1v) is 49.9. The predicted molar refractivity (Wildman–Crippen MR) is 511 cm³/mol. The van der Waals surface area contributed by atoms with Crippen LogP contribution in [0.3, 0.4) is 0 Å². The number of unbranched alkanes of at least 4 members (excludes halogenated alkanes) is 13. The Morgan fingerprint density at radius 3 is 1.69 bits per heavy atom. The van der Waals surface area contributed by atoms with Crippen molar-refractivity contribution in [2.45, 2.75) is 324 Å². The number of ketones is 1. The van der Waals surface area contributed by atoms with Gasteiger partial charge in [-0.2, -0.15) is 0 Å². The summed E-state index contributed by atoms with van der Waals surface area (Å²) in [5.41, 5.74) is 18.8. The van der Waals surface area contributed by atoms with Crippen molar-refractivity contribution in [1.29, 1.82) is 5.41 Å². The molecule has 46 nitrogen and oxygen atoms in total. The van der Waals surface area contributed by atoms with Crippen molar-refractivity contribution in [3.63, 3.8) is 0 Å². The number of H-pyrrole nitrogens is 2. The Hall–Kier alpha value is -13.1. The highest BCUT2D eigenvalue weighted by molar-refractivity contribution is 7.90. The number of hydrogen-bond donors (Lipinski definition) is 24. The van der Waals surface area contributed by atoms with E-state index in [-0.39, 0.29) is 89.5 Å². The lowest BCUT2D eigenvalue weighted by Gasteiger charge is -2.31. The molecule has 2 saturated heterocycles. The fourth-order valence-electron chi connectivity index (χ4n) is 16.2. The van der Waals surface area contributed by atoms with Crippen LogP contribution in [0.4, 0.5) is 0 Å². The molecule has 47 heteroatoms. The van der Waals surface area contributed by atoms with Gasteiger partial charge in [0.05, 0.1) is 37.0 Å². The molecule has 0 spiro atoms. The minimum absolute atomic E-state index is 0.00610. The summed E-state index contributed by atoms with van der Waals surface area (Å²) in [6.07, 6.45) is 9.80. The maximum absolute atomic E-state index is 15.4. The topological polar surface area (TPSA) is 740 Å². The van der Waals surface area contributed by atoms with Gasteiger partial charge in [0.15, 0.2) is 5.96 Å². The molecule has 15 amide bonds. The molecule has 140 heavy (non-hydrogen) atoms. The molecule has 4 heterocycles. The lowest BCUT2D eigenvalue weighted by Crippen LogP contribution is -2.61. The number of sulfonamides is 1. The number of rotatable bonds is 56. The average molecular weight is 1980 g/mol. The number of nitrogens with two attached hydrogens (primary N) is 3. The van der Waals surface area contributed by atoms with Crippen LogP contribution in [0.15, 0.2) is 73.3 Å². The third kappa shape index (κ3) is 43.1. The smallest absolute Gasteiger partial charge is 0.303 e. The second kappa shape index (κ2) is 62.1. The van der Waals surface area contributed by atoms with E-state index in [1.54, 1.807) is 67.7 Å². The number of carboxylic acid groups (broad SMARTS) is 2. The lowest BCUT2D eigenvalue weighted by molar-refractivity contribution is -0.143. The molecule has 4 aromatic rings. The molecule has 2 aliphatic rings. The number of aromatic nitrogens is 3. The quantitative estimate of drug-likeness (QED) is 0.0143. The highest BCUT2D eigenvalue weighted by atomic mass is 32.2. The second-order valence-corrected chi connectivity index (χ2v) is 37.3. The van der Waals surface area contributed by atoms with Gasteiger partial charge in [-0.25, -0.2) is 13.4 Å². The van der Waals surface area contributed by atoms with Gasteiger partial charge >= 0.3 is 11.9 Å². The van der Waals surface area contributed by atoms with Crippen molar-refractivity contribution in [3.8, 4) is 0 Å². The molecular weight excluding hydrogens is 1840 g/mol. The Labute approximate surface area is 813 Å². The molecule has 2 fully saturated rings. The maximum Gasteiger partial charge on any atom is 0.303 e. The van der Waals surface area contributed by atoms with E-state index in [4.69, 9.17) is 22.6 Å². The number of nitrogens with one attached hydrogen (secondary N) is 17. The van der Waals surface area contributed by atoms with E-state index in [0.29, 0.717) is 41.3 Å². The Balaban J connectivity index is 1.20. The van der Waals surface area contributed by atoms with E-state index in [1.807, 2.05) is 4.72 Å². The molecule has 6 rings (SSSR count). The Morgan fingerprint density at radius 2 is 1.09 bits per heavy atom. The number of primary amides is 2. The second-order valence-electron chi connectivity index (χ2n) is 35.4. The van der Waals surface area contributed by atoms with Crippen LogP contribution in [0.5, 0.6) is 0 Å².